The largest absolute Gasteiger partial charge is 0.508 e. The fourth-order valence-corrected chi connectivity index (χ4v) is 6.40. The van der Waals surface area contributed by atoms with E-state index in [0.29, 0.717) is 24.0 Å². The lowest BCUT2D eigenvalue weighted by Gasteiger charge is -2.31. The molecular formula is C39H56N10O12. The van der Waals surface area contributed by atoms with E-state index in [1.807, 2.05) is 0 Å². The van der Waals surface area contributed by atoms with Crippen molar-refractivity contribution in [2.45, 2.75) is 93.8 Å². The predicted molar refractivity (Wildman–Crippen MR) is 218 cm³/mol. The fourth-order valence-electron chi connectivity index (χ4n) is 6.40. The number of phenols is 1. The van der Waals surface area contributed by atoms with E-state index in [9.17, 15) is 59.1 Å². The number of rotatable bonds is 23. The first kappa shape index (κ1) is 49.0. The molecule has 22 nitrogen and oxygen atoms in total. The number of hydrogen-bond donors (Lipinski definition) is 13. The standard InChI is InChI=1S/C39H56N10O12/c1-21(52)31(38(60)61)48-33(55)26(17-22-7-3-2-4-8-22)44-36(58)30-10-6-16-49(30)37(59)27(18-23-11-13-24(53)14-12-23)45-34(56)29(20-51)47-35(57)28(19-50)46-32(54)25(40)9-5-15-43-39(41)42/h2-4,7-8,11-14,21,25-31,50-53H,5-6,9-10,15-20,40H2,1H3,(H,44,58)(H,45,56)(H,46,54)(H,47,57)(H,48,55)(H,60,61)(H4,41,42,43)/t21-,25+,26+,27+,28+,29+,30+,31+/m1/s1. The number of phenolic OH excluding ortho intramolecular Hbond substituents is 1. The number of benzene rings is 2. The van der Waals surface area contributed by atoms with Gasteiger partial charge in [-0.3, -0.25) is 33.8 Å². The van der Waals surface area contributed by atoms with E-state index in [2.05, 4.69) is 31.6 Å². The van der Waals surface area contributed by atoms with Crippen molar-refractivity contribution in [1.82, 2.24) is 31.5 Å². The molecule has 6 amide bonds. The molecule has 16 N–H and O–H groups in total. The maximum absolute atomic E-state index is 14.3. The first-order valence-electron chi connectivity index (χ1n) is 19.5. The van der Waals surface area contributed by atoms with Gasteiger partial charge in [0.05, 0.1) is 25.4 Å². The van der Waals surface area contributed by atoms with Gasteiger partial charge in [-0.05, 0) is 55.9 Å². The molecule has 2 aromatic carbocycles. The number of aliphatic hydroxyl groups is 3. The Labute approximate surface area is 351 Å². The lowest BCUT2D eigenvalue weighted by molar-refractivity contribution is -0.145. The molecule has 334 valence electrons. The highest BCUT2D eigenvalue weighted by molar-refractivity contribution is 5.97. The molecule has 8 atom stereocenters. The summed E-state index contributed by atoms with van der Waals surface area (Å²) >= 11 is 0. The van der Waals surface area contributed by atoms with Gasteiger partial charge in [0.25, 0.3) is 0 Å². The summed E-state index contributed by atoms with van der Waals surface area (Å²) in [7, 11) is 0. The number of guanidine groups is 1. The lowest BCUT2D eigenvalue weighted by Crippen LogP contribution is -2.61. The minimum Gasteiger partial charge on any atom is -0.508 e. The second-order valence-electron chi connectivity index (χ2n) is 14.5. The van der Waals surface area contributed by atoms with E-state index < -0.39 is 103 Å². The van der Waals surface area contributed by atoms with E-state index in [4.69, 9.17) is 17.2 Å². The molecule has 1 aliphatic rings. The minimum absolute atomic E-state index is 0.0476. The summed E-state index contributed by atoms with van der Waals surface area (Å²) in [6.07, 6.45) is -0.801. The van der Waals surface area contributed by atoms with Gasteiger partial charge in [0.2, 0.25) is 35.4 Å². The maximum atomic E-state index is 14.3. The van der Waals surface area contributed by atoms with Crippen LogP contribution in [0.5, 0.6) is 5.75 Å². The Bertz CT molecular complexity index is 1850. The zero-order chi connectivity index (χ0) is 45.2. The number of carboxylic acid groups (broad SMARTS) is 1. The number of aliphatic carboxylic acids is 1. The van der Waals surface area contributed by atoms with E-state index >= 15 is 0 Å². The van der Waals surface area contributed by atoms with Crippen molar-refractivity contribution in [3.05, 3.63) is 65.7 Å². The van der Waals surface area contributed by atoms with Gasteiger partial charge in [-0.25, -0.2) is 4.79 Å². The van der Waals surface area contributed by atoms with Crippen molar-refractivity contribution >= 4 is 47.4 Å². The van der Waals surface area contributed by atoms with Gasteiger partial charge >= 0.3 is 5.97 Å². The van der Waals surface area contributed by atoms with Crippen molar-refractivity contribution in [3.8, 4) is 5.75 Å². The minimum atomic E-state index is -1.70. The highest BCUT2D eigenvalue weighted by Crippen LogP contribution is 2.21. The first-order chi connectivity index (χ1) is 28.9. The number of nitrogens with two attached hydrogens (primary N) is 3. The number of amides is 6. The Morgan fingerprint density at radius 1 is 0.770 bits per heavy atom. The number of carboxylic acids is 1. The quantitative estimate of drug-likeness (QED) is 0.0284. The Morgan fingerprint density at radius 3 is 1.87 bits per heavy atom. The number of aliphatic imine (C=N–C) groups is 1. The number of carbonyl (C=O) groups excluding carboxylic acids is 6. The van der Waals surface area contributed by atoms with Crippen LogP contribution in [0.15, 0.2) is 59.6 Å². The summed E-state index contributed by atoms with van der Waals surface area (Å²) < 4.78 is 0. The van der Waals surface area contributed by atoms with Crippen molar-refractivity contribution in [2.24, 2.45) is 22.2 Å². The summed E-state index contributed by atoms with van der Waals surface area (Å²) in [4.78, 5) is 97.8. The van der Waals surface area contributed by atoms with Crippen molar-refractivity contribution < 1.29 is 59.1 Å². The summed E-state index contributed by atoms with van der Waals surface area (Å²) in [5.41, 5.74) is 17.5. The third-order valence-electron chi connectivity index (χ3n) is 9.73. The lowest BCUT2D eigenvalue weighted by atomic mass is 10.0. The molecule has 1 saturated heterocycles. The van der Waals surface area contributed by atoms with Gasteiger partial charge in [0.1, 0.15) is 36.0 Å². The highest BCUT2D eigenvalue weighted by Gasteiger charge is 2.40. The number of nitrogens with one attached hydrogen (secondary N) is 5. The van der Waals surface area contributed by atoms with Crippen LogP contribution in [-0.4, -0.2) is 153 Å². The van der Waals surface area contributed by atoms with Crippen LogP contribution in [0.2, 0.25) is 0 Å². The van der Waals surface area contributed by atoms with Crippen molar-refractivity contribution in [3.63, 3.8) is 0 Å². The molecule has 61 heavy (non-hydrogen) atoms. The van der Waals surface area contributed by atoms with Gasteiger partial charge in [-0.1, -0.05) is 42.5 Å². The number of hydrogen-bond acceptors (Lipinski definition) is 13. The molecule has 0 unspecified atom stereocenters. The number of aromatic hydroxyl groups is 1. The molecule has 1 fully saturated rings. The average molecular weight is 857 g/mol. The summed E-state index contributed by atoms with van der Waals surface area (Å²) in [5, 5.41) is 61.3. The smallest absolute Gasteiger partial charge is 0.328 e. The summed E-state index contributed by atoms with van der Waals surface area (Å²) in [5.74, 6) is -7.04. The Hall–Kier alpha value is -6.36. The van der Waals surface area contributed by atoms with E-state index in [-0.39, 0.29) is 50.5 Å². The summed E-state index contributed by atoms with van der Waals surface area (Å²) in [6, 6.07) is 4.20. The molecule has 0 aliphatic carbocycles. The third kappa shape index (κ3) is 15.3. The molecule has 0 aromatic heterocycles. The van der Waals surface area contributed by atoms with Crippen LogP contribution in [-0.2, 0) is 46.4 Å². The highest BCUT2D eigenvalue weighted by atomic mass is 16.4. The molecule has 3 rings (SSSR count). The van der Waals surface area contributed by atoms with Crippen LogP contribution >= 0.6 is 0 Å². The van der Waals surface area contributed by atoms with Gasteiger partial charge < -0.3 is 74.2 Å². The second-order valence-corrected chi connectivity index (χ2v) is 14.5. The van der Waals surface area contributed by atoms with Crippen molar-refractivity contribution in [2.75, 3.05) is 26.3 Å². The van der Waals surface area contributed by atoms with Gasteiger partial charge in [-0.15, -0.1) is 0 Å². The van der Waals surface area contributed by atoms with Crippen LogP contribution in [0, 0.1) is 0 Å². The fraction of sp³-hybridized carbons (Fsp3) is 0.487. The van der Waals surface area contributed by atoms with Crippen molar-refractivity contribution in [1.29, 1.82) is 0 Å². The molecule has 1 heterocycles. The molecule has 0 radical (unpaired) electrons. The molecule has 22 heteroatoms. The number of nitrogens with zero attached hydrogens (tertiary/aromatic N) is 2. The molecule has 0 spiro atoms. The van der Waals surface area contributed by atoms with Crippen LogP contribution < -0.4 is 43.8 Å². The maximum Gasteiger partial charge on any atom is 0.328 e. The molecule has 0 bridgehead atoms. The van der Waals surface area contributed by atoms with E-state index in [1.54, 1.807) is 30.3 Å². The second kappa shape index (κ2) is 24.0. The Morgan fingerprint density at radius 2 is 1.31 bits per heavy atom. The first-order valence-corrected chi connectivity index (χ1v) is 19.5. The molecular weight excluding hydrogens is 800 g/mol. The normalized spacial score (nSPS) is 16.9. The third-order valence-corrected chi connectivity index (χ3v) is 9.73. The SMILES string of the molecule is C[C@@H](O)[C@H](NC(=O)[C@H](Cc1ccccc1)NC(=O)[C@@H]1CCCN1C(=O)[C@H](Cc1ccc(O)cc1)NC(=O)[C@H](CO)NC(=O)[C@H](CO)NC(=O)[C@@H](N)CCCN=C(N)N)C(=O)O. The number of aliphatic hydroxyl groups excluding tert-OH is 3. The molecule has 0 saturated carbocycles. The zero-order valence-electron chi connectivity index (χ0n) is 33.6. The zero-order valence-corrected chi connectivity index (χ0v) is 33.6. The Balaban J connectivity index is 1.80. The molecule has 2 aromatic rings. The van der Waals surface area contributed by atoms with Crippen LogP contribution in [0.25, 0.3) is 0 Å². The average Bonchev–Trinajstić information content (AvgIpc) is 3.72. The Kier molecular flexibility index (Phi) is 19.3. The van der Waals surface area contributed by atoms with Gasteiger partial charge in [0, 0.05) is 25.9 Å². The van der Waals surface area contributed by atoms with Crippen LogP contribution in [0.3, 0.4) is 0 Å². The van der Waals surface area contributed by atoms with E-state index in [0.717, 1.165) is 0 Å². The molecule has 1 aliphatic heterocycles. The topological polar surface area (TPSA) is 374 Å². The summed E-state index contributed by atoms with van der Waals surface area (Å²) in [6.45, 7) is -0.468. The predicted octanol–water partition coefficient (Wildman–Crippen LogP) is -4.58. The number of carbonyl (C=O) groups is 7. The van der Waals surface area contributed by atoms with Gasteiger partial charge in [-0.2, -0.15) is 0 Å². The van der Waals surface area contributed by atoms with Crippen LogP contribution in [0.1, 0.15) is 43.7 Å². The van der Waals surface area contributed by atoms with E-state index in [1.165, 1.54) is 36.1 Å². The van der Waals surface area contributed by atoms with Crippen LogP contribution in [0.4, 0.5) is 0 Å². The van der Waals surface area contributed by atoms with Gasteiger partial charge in [0.15, 0.2) is 12.0 Å². The number of likely N-dealkylation sites (tertiary alicyclic amines) is 1. The monoisotopic (exact) mass is 856 g/mol.